The largest absolute Gasteiger partial charge is 0.496 e. The summed E-state index contributed by atoms with van der Waals surface area (Å²) in [5, 5.41) is 6.40. The van der Waals surface area contributed by atoms with Crippen molar-refractivity contribution in [2.24, 2.45) is 4.99 Å². The monoisotopic (exact) mass is 472 g/mol. The molecule has 0 unspecified atom stereocenters. The molecule has 0 saturated carbocycles. The first-order chi connectivity index (χ1) is 12.0. The van der Waals surface area contributed by atoms with Gasteiger partial charge in [-0.25, -0.2) is 4.39 Å². The first-order valence-corrected chi connectivity index (χ1v) is 8.14. The average Bonchev–Trinajstić information content (AvgIpc) is 2.60. The molecular formula is C19H26FIN4O. The van der Waals surface area contributed by atoms with Gasteiger partial charge in [-0.1, -0.05) is 12.1 Å². The van der Waals surface area contributed by atoms with E-state index in [9.17, 15) is 4.39 Å². The number of hydrogen-bond acceptors (Lipinski definition) is 3. The fraction of sp³-hybridized carbons (Fsp3) is 0.368. The van der Waals surface area contributed by atoms with Crippen LogP contribution in [0.3, 0.4) is 0 Å². The van der Waals surface area contributed by atoms with Crippen LogP contribution in [0.4, 0.5) is 4.39 Å². The number of nitrogens with one attached hydrogen (secondary N) is 2. The third kappa shape index (κ3) is 5.55. The van der Waals surface area contributed by atoms with E-state index < -0.39 is 0 Å². The second kappa shape index (κ2) is 10.3. The van der Waals surface area contributed by atoms with Crippen LogP contribution in [0.2, 0.25) is 0 Å². The zero-order valence-electron chi connectivity index (χ0n) is 15.8. The highest BCUT2D eigenvalue weighted by Gasteiger charge is 2.10. The third-order valence-corrected chi connectivity index (χ3v) is 4.09. The molecule has 5 nitrogen and oxygen atoms in total. The number of hydrogen-bond donors (Lipinski definition) is 2. The van der Waals surface area contributed by atoms with E-state index in [1.165, 1.54) is 6.07 Å². The van der Waals surface area contributed by atoms with Gasteiger partial charge < -0.3 is 15.4 Å². The lowest BCUT2D eigenvalue weighted by Gasteiger charge is -2.15. The summed E-state index contributed by atoms with van der Waals surface area (Å²) in [7, 11) is 3.36. The van der Waals surface area contributed by atoms with Crippen molar-refractivity contribution in [3.05, 3.63) is 58.2 Å². The number of guanidine groups is 1. The van der Waals surface area contributed by atoms with Crippen LogP contribution in [0, 0.1) is 26.6 Å². The normalized spacial score (nSPS) is 10.9. The molecule has 142 valence electrons. The van der Waals surface area contributed by atoms with E-state index in [2.05, 4.69) is 20.6 Å². The van der Waals surface area contributed by atoms with Crippen LogP contribution in [0.15, 0.2) is 29.4 Å². The Hall–Kier alpha value is -1.90. The highest BCUT2D eigenvalue weighted by Crippen LogP contribution is 2.23. The summed E-state index contributed by atoms with van der Waals surface area (Å²) in [4.78, 5) is 8.65. The fourth-order valence-electron chi connectivity index (χ4n) is 2.57. The number of aromatic nitrogens is 1. The lowest BCUT2D eigenvalue weighted by molar-refractivity contribution is 0.406. The summed E-state index contributed by atoms with van der Waals surface area (Å²) in [5.41, 5.74) is 4.41. The van der Waals surface area contributed by atoms with Crippen LogP contribution in [-0.4, -0.2) is 25.1 Å². The smallest absolute Gasteiger partial charge is 0.191 e. The number of rotatable bonds is 5. The molecule has 0 fully saturated rings. The molecule has 2 rings (SSSR count). The first kappa shape index (κ1) is 22.1. The predicted octanol–water partition coefficient (Wildman–Crippen LogP) is 3.64. The minimum Gasteiger partial charge on any atom is -0.496 e. The van der Waals surface area contributed by atoms with Crippen LogP contribution in [0.25, 0.3) is 0 Å². The van der Waals surface area contributed by atoms with Crippen molar-refractivity contribution in [3.63, 3.8) is 0 Å². The second-order valence-electron chi connectivity index (χ2n) is 5.91. The molecule has 0 aliphatic carbocycles. The van der Waals surface area contributed by atoms with Gasteiger partial charge in [0, 0.05) is 30.9 Å². The zero-order chi connectivity index (χ0) is 18.4. The quantitative estimate of drug-likeness (QED) is 0.397. The van der Waals surface area contributed by atoms with Gasteiger partial charge in [0.05, 0.1) is 19.3 Å². The molecule has 2 aromatic rings. The maximum Gasteiger partial charge on any atom is 0.191 e. The zero-order valence-corrected chi connectivity index (χ0v) is 18.1. The van der Waals surface area contributed by atoms with E-state index >= 15 is 0 Å². The van der Waals surface area contributed by atoms with Crippen molar-refractivity contribution in [1.29, 1.82) is 0 Å². The Bertz CT molecular complexity index is 780. The number of ether oxygens (including phenoxy) is 1. The lowest BCUT2D eigenvalue weighted by atomic mass is 10.1. The van der Waals surface area contributed by atoms with Crippen LogP contribution >= 0.6 is 24.0 Å². The molecule has 0 radical (unpaired) electrons. The van der Waals surface area contributed by atoms with Gasteiger partial charge >= 0.3 is 0 Å². The molecule has 0 aliphatic rings. The number of nitrogens with zero attached hydrogens (tertiary/aromatic N) is 2. The van der Waals surface area contributed by atoms with Crippen molar-refractivity contribution >= 4 is 29.9 Å². The maximum atomic E-state index is 13.6. The van der Waals surface area contributed by atoms with E-state index in [0.717, 1.165) is 28.1 Å². The number of aryl methyl sites for hydroxylation is 2. The molecular weight excluding hydrogens is 446 g/mol. The number of halogens is 2. The predicted molar refractivity (Wildman–Crippen MR) is 114 cm³/mol. The van der Waals surface area contributed by atoms with Crippen molar-refractivity contribution in [2.75, 3.05) is 14.2 Å². The Morgan fingerprint density at radius 2 is 1.85 bits per heavy atom. The molecule has 0 atom stereocenters. The van der Waals surface area contributed by atoms with Gasteiger partial charge in [-0.05, 0) is 38.0 Å². The highest BCUT2D eigenvalue weighted by atomic mass is 127. The van der Waals surface area contributed by atoms with Crippen LogP contribution < -0.4 is 15.4 Å². The summed E-state index contributed by atoms with van der Waals surface area (Å²) in [6, 6.07) is 5.20. The molecule has 1 heterocycles. The van der Waals surface area contributed by atoms with Gasteiger partial charge in [-0.3, -0.25) is 9.98 Å². The molecule has 1 aromatic carbocycles. The van der Waals surface area contributed by atoms with Gasteiger partial charge in [0.25, 0.3) is 0 Å². The number of methoxy groups -OCH3 is 1. The van der Waals surface area contributed by atoms with Crippen molar-refractivity contribution in [1.82, 2.24) is 15.6 Å². The molecule has 0 saturated heterocycles. The Balaban J connectivity index is 0.00000338. The summed E-state index contributed by atoms with van der Waals surface area (Å²) in [6.45, 7) is 6.71. The van der Waals surface area contributed by atoms with Crippen LogP contribution in [0.1, 0.15) is 27.9 Å². The Labute approximate surface area is 171 Å². The SMILES string of the molecule is CN=C(NCc1ccc(C)c(F)c1)NCc1ncc(C)c(OC)c1C.I. The maximum absolute atomic E-state index is 13.6. The molecule has 7 heteroatoms. The average molecular weight is 472 g/mol. The van der Waals surface area contributed by atoms with Crippen molar-refractivity contribution in [3.8, 4) is 5.75 Å². The second-order valence-corrected chi connectivity index (χ2v) is 5.91. The lowest BCUT2D eigenvalue weighted by Crippen LogP contribution is -2.36. The van der Waals surface area contributed by atoms with Gasteiger partial charge in [-0.2, -0.15) is 0 Å². The van der Waals surface area contributed by atoms with Gasteiger partial charge in [0.15, 0.2) is 5.96 Å². The minimum atomic E-state index is -0.200. The van der Waals surface area contributed by atoms with Crippen molar-refractivity contribution in [2.45, 2.75) is 33.9 Å². The number of benzene rings is 1. The van der Waals surface area contributed by atoms with Gasteiger partial charge in [0.2, 0.25) is 0 Å². The summed E-state index contributed by atoms with van der Waals surface area (Å²) < 4.78 is 19.0. The molecule has 0 amide bonds. The Kier molecular flexibility index (Phi) is 8.77. The topological polar surface area (TPSA) is 58.5 Å². The van der Waals surface area contributed by atoms with E-state index in [-0.39, 0.29) is 29.8 Å². The number of aliphatic imine (C=N–C) groups is 1. The highest BCUT2D eigenvalue weighted by molar-refractivity contribution is 14.0. The summed E-state index contributed by atoms with van der Waals surface area (Å²) in [6.07, 6.45) is 1.80. The summed E-state index contributed by atoms with van der Waals surface area (Å²) >= 11 is 0. The molecule has 2 N–H and O–H groups in total. The molecule has 26 heavy (non-hydrogen) atoms. The standard InChI is InChI=1S/C19H25FN4O.HI/c1-12-6-7-15(8-16(12)20)10-23-19(21-4)24-11-17-14(3)18(25-5)13(2)9-22-17;/h6-9H,10-11H2,1-5H3,(H2,21,23,24);1H. The van der Waals surface area contributed by atoms with Crippen LogP contribution in [0.5, 0.6) is 5.75 Å². The van der Waals surface area contributed by atoms with E-state index in [4.69, 9.17) is 4.74 Å². The van der Waals surface area contributed by atoms with E-state index in [1.807, 2.05) is 19.9 Å². The molecule has 1 aromatic heterocycles. The van der Waals surface area contributed by atoms with E-state index in [1.54, 1.807) is 33.3 Å². The minimum absolute atomic E-state index is 0. The molecule has 0 bridgehead atoms. The first-order valence-electron chi connectivity index (χ1n) is 8.14. The van der Waals surface area contributed by atoms with Crippen molar-refractivity contribution < 1.29 is 9.13 Å². The Morgan fingerprint density at radius 3 is 2.46 bits per heavy atom. The van der Waals surface area contributed by atoms with E-state index in [0.29, 0.717) is 24.6 Å². The fourth-order valence-corrected chi connectivity index (χ4v) is 2.57. The molecule has 0 spiro atoms. The van der Waals surface area contributed by atoms with Gasteiger partial charge in [-0.15, -0.1) is 24.0 Å². The van der Waals surface area contributed by atoms with Gasteiger partial charge in [0.1, 0.15) is 11.6 Å². The summed E-state index contributed by atoms with van der Waals surface area (Å²) in [5.74, 6) is 1.28. The Morgan fingerprint density at radius 1 is 1.15 bits per heavy atom. The molecule has 0 aliphatic heterocycles. The third-order valence-electron chi connectivity index (χ3n) is 4.09. The van der Waals surface area contributed by atoms with Crippen LogP contribution in [-0.2, 0) is 13.1 Å². The number of pyridine rings is 1.